The summed E-state index contributed by atoms with van der Waals surface area (Å²) in [5.74, 6) is 0.0736. The summed E-state index contributed by atoms with van der Waals surface area (Å²) in [5, 5.41) is 22.7. The largest absolute Gasteiger partial charge is 0.507 e. The number of nitrogens with one attached hydrogen (secondary N) is 1. The molecule has 0 spiro atoms. The number of aliphatic hydroxyl groups excluding tert-OH is 1. The minimum atomic E-state index is -0.621. The number of hydrogen-bond donors (Lipinski definition) is 3. The molecule has 166 valence electrons. The minimum absolute atomic E-state index is 0.0114. The molecule has 3 rings (SSSR count). The van der Waals surface area contributed by atoms with Crippen molar-refractivity contribution in [3.8, 4) is 17.2 Å². The van der Waals surface area contributed by atoms with Gasteiger partial charge in [0.25, 0.3) is 5.91 Å². The third-order valence-electron chi connectivity index (χ3n) is 4.63. The highest BCUT2D eigenvalue weighted by molar-refractivity contribution is 9.11. The van der Waals surface area contributed by atoms with Gasteiger partial charge in [0.2, 0.25) is 0 Å². The van der Waals surface area contributed by atoms with Gasteiger partial charge in [0, 0.05) is 6.42 Å². The van der Waals surface area contributed by atoms with Crippen molar-refractivity contribution in [2.24, 2.45) is 0 Å². The highest BCUT2D eigenvalue weighted by atomic mass is 79.9. The Morgan fingerprint density at radius 1 is 1.03 bits per heavy atom. The first-order chi connectivity index (χ1) is 15.3. The molecule has 1 atom stereocenters. The van der Waals surface area contributed by atoms with Gasteiger partial charge in [-0.25, -0.2) is 0 Å². The van der Waals surface area contributed by atoms with Crippen molar-refractivity contribution in [1.29, 1.82) is 0 Å². The van der Waals surface area contributed by atoms with Gasteiger partial charge in [-0.05, 0) is 80.2 Å². The van der Waals surface area contributed by atoms with E-state index in [0.29, 0.717) is 26.9 Å². The van der Waals surface area contributed by atoms with Gasteiger partial charge in [-0.2, -0.15) is 0 Å². The summed E-state index contributed by atoms with van der Waals surface area (Å²) in [6.07, 6.45) is 0.300. The van der Waals surface area contributed by atoms with E-state index in [1.54, 1.807) is 24.3 Å². The van der Waals surface area contributed by atoms with Crippen LogP contribution in [0, 0.1) is 0 Å². The zero-order valence-corrected chi connectivity index (χ0v) is 20.3. The van der Waals surface area contributed by atoms with E-state index in [2.05, 4.69) is 37.2 Å². The SMILES string of the molecule is CC(=O)Cc1cc(Br)c(Oc2ccc(O)c(C(=O)N[C@H](CO)c3ccccc3)c2)c(Br)c1. The maximum absolute atomic E-state index is 12.8. The molecule has 0 heterocycles. The maximum Gasteiger partial charge on any atom is 0.255 e. The van der Waals surface area contributed by atoms with Crippen LogP contribution in [-0.4, -0.2) is 28.5 Å². The smallest absolute Gasteiger partial charge is 0.255 e. The van der Waals surface area contributed by atoms with Crippen LogP contribution in [0.3, 0.4) is 0 Å². The summed E-state index contributed by atoms with van der Waals surface area (Å²) in [7, 11) is 0. The average Bonchev–Trinajstić information content (AvgIpc) is 2.75. The molecule has 0 saturated heterocycles. The molecule has 0 radical (unpaired) electrons. The summed E-state index contributed by atoms with van der Waals surface area (Å²) in [4.78, 5) is 24.2. The molecule has 32 heavy (non-hydrogen) atoms. The second-order valence-electron chi connectivity index (χ2n) is 7.17. The Morgan fingerprint density at radius 3 is 2.28 bits per heavy atom. The van der Waals surface area contributed by atoms with Gasteiger partial charge >= 0.3 is 0 Å². The summed E-state index contributed by atoms with van der Waals surface area (Å²) in [6.45, 7) is 1.23. The van der Waals surface area contributed by atoms with Gasteiger partial charge in [-0.15, -0.1) is 0 Å². The first kappa shape index (κ1) is 24.0. The lowest BCUT2D eigenvalue weighted by Crippen LogP contribution is -2.30. The summed E-state index contributed by atoms with van der Waals surface area (Å²) >= 11 is 6.91. The molecule has 0 fully saturated rings. The Bertz CT molecular complexity index is 1110. The Kier molecular flexibility index (Phi) is 8.06. The molecular weight excluding hydrogens is 542 g/mol. The standard InChI is InChI=1S/C24H21Br2NO5/c1-14(29)9-15-10-19(25)23(20(26)11-15)32-17-7-8-22(30)18(12-17)24(31)27-21(13-28)16-5-3-2-4-6-16/h2-8,10-12,21,28,30H,9,13H2,1H3,(H,27,31)/t21-/m1/s1. The Hall–Kier alpha value is -2.68. The fourth-order valence-electron chi connectivity index (χ4n) is 3.13. The van der Waals surface area contributed by atoms with E-state index in [0.717, 1.165) is 11.1 Å². The number of hydrogen-bond acceptors (Lipinski definition) is 5. The van der Waals surface area contributed by atoms with Crippen molar-refractivity contribution >= 4 is 43.6 Å². The number of carbonyl (C=O) groups excluding carboxylic acids is 2. The van der Waals surface area contributed by atoms with Gasteiger partial charge in [0.1, 0.15) is 17.3 Å². The van der Waals surface area contributed by atoms with Crippen molar-refractivity contribution in [3.63, 3.8) is 0 Å². The third kappa shape index (κ3) is 5.97. The van der Waals surface area contributed by atoms with Crippen LogP contribution in [0.5, 0.6) is 17.2 Å². The van der Waals surface area contributed by atoms with E-state index in [-0.39, 0.29) is 23.7 Å². The van der Waals surface area contributed by atoms with Crippen LogP contribution in [0.25, 0.3) is 0 Å². The molecule has 0 bridgehead atoms. The van der Waals surface area contributed by atoms with E-state index < -0.39 is 11.9 Å². The molecule has 0 aliphatic rings. The number of ketones is 1. The van der Waals surface area contributed by atoms with Gasteiger partial charge in [0.05, 0.1) is 27.2 Å². The second-order valence-corrected chi connectivity index (χ2v) is 8.88. The number of rotatable bonds is 8. The topological polar surface area (TPSA) is 95.9 Å². The van der Waals surface area contributed by atoms with Crippen molar-refractivity contribution < 1.29 is 24.5 Å². The average molecular weight is 563 g/mol. The Labute approximate surface area is 202 Å². The molecule has 0 unspecified atom stereocenters. The van der Waals surface area contributed by atoms with Crippen molar-refractivity contribution in [2.75, 3.05) is 6.61 Å². The van der Waals surface area contributed by atoms with E-state index in [4.69, 9.17) is 4.74 Å². The van der Waals surface area contributed by atoms with Gasteiger partial charge in [0.15, 0.2) is 5.75 Å². The fourth-order valence-corrected chi connectivity index (χ4v) is 4.58. The molecule has 3 aromatic rings. The van der Waals surface area contributed by atoms with Crippen LogP contribution in [0.1, 0.15) is 34.5 Å². The molecule has 3 N–H and O–H groups in total. The number of aliphatic hydroxyl groups is 1. The van der Waals surface area contributed by atoms with Crippen LogP contribution >= 0.6 is 31.9 Å². The molecule has 0 aliphatic carbocycles. The zero-order valence-electron chi connectivity index (χ0n) is 17.1. The number of Topliss-reactive ketones (excluding diaryl/α,β-unsaturated/α-hetero) is 1. The van der Waals surface area contributed by atoms with Crippen LogP contribution in [0.4, 0.5) is 0 Å². The molecule has 1 amide bonds. The number of phenols is 1. The lowest BCUT2D eigenvalue weighted by atomic mass is 10.1. The van der Waals surface area contributed by atoms with Gasteiger partial charge < -0.3 is 20.3 Å². The molecular formula is C24H21Br2NO5. The molecule has 3 aromatic carbocycles. The first-order valence-electron chi connectivity index (χ1n) is 9.73. The Balaban J connectivity index is 1.83. The molecule has 0 aliphatic heterocycles. The van der Waals surface area contributed by atoms with Crippen LogP contribution in [0.15, 0.2) is 69.6 Å². The number of carbonyl (C=O) groups is 2. The predicted molar refractivity (Wildman–Crippen MR) is 128 cm³/mol. The monoisotopic (exact) mass is 561 g/mol. The number of aromatic hydroxyl groups is 1. The summed E-state index contributed by atoms with van der Waals surface area (Å²) in [6, 6.07) is 16.4. The molecule has 8 heteroatoms. The van der Waals surface area contributed by atoms with E-state index in [1.165, 1.54) is 25.1 Å². The Morgan fingerprint density at radius 2 is 1.69 bits per heavy atom. The summed E-state index contributed by atoms with van der Waals surface area (Å²) < 4.78 is 7.20. The third-order valence-corrected chi connectivity index (χ3v) is 5.81. The summed E-state index contributed by atoms with van der Waals surface area (Å²) in [5.41, 5.74) is 1.58. The zero-order chi connectivity index (χ0) is 23.3. The number of amides is 1. The first-order valence-corrected chi connectivity index (χ1v) is 11.3. The van der Waals surface area contributed by atoms with Crippen molar-refractivity contribution in [3.05, 3.63) is 86.3 Å². The van der Waals surface area contributed by atoms with Gasteiger partial charge in [-0.3, -0.25) is 9.59 Å². The molecule has 6 nitrogen and oxygen atoms in total. The van der Waals surface area contributed by atoms with Gasteiger partial charge in [-0.1, -0.05) is 30.3 Å². The number of halogens is 2. The predicted octanol–water partition coefficient (Wildman–Crippen LogP) is 5.30. The van der Waals surface area contributed by atoms with Crippen molar-refractivity contribution in [2.45, 2.75) is 19.4 Å². The highest BCUT2D eigenvalue weighted by Crippen LogP contribution is 2.39. The lowest BCUT2D eigenvalue weighted by molar-refractivity contribution is -0.116. The van der Waals surface area contributed by atoms with Crippen molar-refractivity contribution in [1.82, 2.24) is 5.32 Å². The maximum atomic E-state index is 12.8. The quantitative estimate of drug-likeness (QED) is 0.346. The van der Waals surface area contributed by atoms with Crippen LogP contribution in [0.2, 0.25) is 0 Å². The van der Waals surface area contributed by atoms with Crippen LogP contribution in [-0.2, 0) is 11.2 Å². The lowest BCUT2D eigenvalue weighted by Gasteiger charge is -2.18. The highest BCUT2D eigenvalue weighted by Gasteiger charge is 2.19. The number of benzene rings is 3. The normalized spacial score (nSPS) is 11.6. The fraction of sp³-hybridized carbons (Fsp3) is 0.167. The molecule has 0 saturated carbocycles. The number of phenolic OH excluding ortho intramolecular Hbond substituents is 1. The van der Waals surface area contributed by atoms with E-state index in [1.807, 2.05) is 18.2 Å². The van der Waals surface area contributed by atoms with Crippen LogP contribution < -0.4 is 10.1 Å². The van der Waals surface area contributed by atoms with E-state index in [9.17, 15) is 19.8 Å². The minimum Gasteiger partial charge on any atom is -0.507 e. The second kappa shape index (κ2) is 10.8. The van der Waals surface area contributed by atoms with E-state index >= 15 is 0 Å². The molecule has 0 aromatic heterocycles. The number of ether oxygens (including phenoxy) is 1.